The van der Waals surface area contributed by atoms with E-state index in [1.807, 2.05) is 13.1 Å². The predicted octanol–water partition coefficient (Wildman–Crippen LogP) is 3.34. The molecule has 1 aromatic heterocycles. The number of benzene rings is 1. The number of aromatic nitrogens is 3. The molecule has 5 nitrogen and oxygen atoms in total. The van der Waals surface area contributed by atoms with E-state index in [2.05, 4.69) is 10.1 Å². The summed E-state index contributed by atoms with van der Waals surface area (Å²) in [5.74, 6) is 0.149. The van der Waals surface area contributed by atoms with Gasteiger partial charge in [-0.05, 0) is 18.6 Å². The van der Waals surface area contributed by atoms with E-state index < -0.39 is 5.79 Å². The summed E-state index contributed by atoms with van der Waals surface area (Å²) in [7, 11) is 1.89. The van der Waals surface area contributed by atoms with Crippen LogP contribution in [0.4, 0.5) is 0 Å². The highest BCUT2D eigenvalue weighted by atomic mass is 35.5. The maximum Gasteiger partial charge on any atom is 0.196 e. The summed E-state index contributed by atoms with van der Waals surface area (Å²) in [6.07, 6.45) is 3.91. The Bertz CT molecular complexity index is 654. The summed E-state index contributed by atoms with van der Waals surface area (Å²) < 4.78 is 13.6. The van der Waals surface area contributed by atoms with E-state index in [1.54, 1.807) is 23.1 Å². The van der Waals surface area contributed by atoms with E-state index in [0.29, 0.717) is 29.7 Å². The molecule has 1 aromatic carbocycles. The fraction of sp³-hybridized carbons (Fsp3) is 0.467. The van der Waals surface area contributed by atoms with Gasteiger partial charge in [0.2, 0.25) is 0 Å². The van der Waals surface area contributed by atoms with Crippen molar-refractivity contribution >= 4 is 23.2 Å². The lowest BCUT2D eigenvalue weighted by Gasteiger charge is -2.28. The zero-order chi connectivity index (χ0) is 15.6. The molecule has 0 atom stereocenters. The summed E-state index contributed by atoms with van der Waals surface area (Å²) in [5.41, 5.74) is 0.828. The molecule has 3 rings (SSSR count). The first-order valence-corrected chi connectivity index (χ1v) is 7.93. The third-order valence-corrected chi connectivity index (χ3v) is 4.35. The number of rotatable bonds is 5. The first kappa shape index (κ1) is 15.7. The van der Waals surface area contributed by atoms with Gasteiger partial charge in [0.25, 0.3) is 0 Å². The van der Waals surface area contributed by atoms with Crippen LogP contribution in [0.1, 0.15) is 24.2 Å². The molecule has 0 unspecified atom stereocenters. The Morgan fingerprint density at radius 2 is 2.05 bits per heavy atom. The number of aryl methyl sites for hydroxylation is 2. The van der Waals surface area contributed by atoms with Gasteiger partial charge in [0.15, 0.2) is 5.79 Å². The lowest BCUT2D eigenvalue weighted by molar-refractivity contribution is -0.171. The molecule has 1 saturated heterocycles. The predicted molar refractivity (Wildman–Crippen MR) is 84.0 cm³/mol. The molecule has 0 amide bonds. The van der Waals surface area contributed by atoms with E-state index in [4.69, 9.17) is 32.7 Å². The van der Waals surface area contributed by atoms with Crippen LogP contribution in [0.25, 0.3) is 0 Å². The van der Waals surface area contributed by atoms with Gasteiger partial charge in [-0.1, -0.05) is 29.3 Å². The van der Waals surface area contributed by atoms with Gasteiger partial charge in [0, 0.05) is 30.5 Å². The second-order valence-corrected chi connectivity index (χ2v) is 6.07. The van der Waals surface area contributed by atoms with Crippen LogP contribution in [0, 0.1) is 0 Å². The largest absolute Gasteiger partial charge is 0.343 e. The van der Waals surface area contributed by atoms with E-state index in [-0.39, 0.29) is 0 Å². The minimum Gasteiger partial charge on any atom is -0.343 e. The van der Waals surface area contributed by atoms with E-state index >= 15 is 0 Å². The lowest BCUT2D eigenvalue weighted by atomic mass is 9.99. The molecule has 2 heterocycles. The molecule has 0 bridgehead atoms. The van der Waals surface area contributed by atoms with Crippen molar-refractivity contribution in [2.45, 2.75) is 25.0 Å². The molecular formula is C15H17Cl2N3O2. The van der Waals surface area contributed by atoms with Crippen molar-refractivity contribution in [1.82, 2.24) is 14.8 Å². The summed E-state index contributed by atoms with van der Waals surface area (Å²) in [6, 6.07) is 5.39. The van der Waals surface area contributed by atoms with Crippen molar-refractivity contribution < 1.29 is 9.47 Å². The molecule has 0 aliphatic carbocycles. The van der Waals surface area contributed by atoms with Crippen LogP contribution in [0.2, 0.25) is 10.0 Å². The Hall–Kier alpha value is -1.14. The Morgan fingerprint density at radius 3 is 2.68 bits per heavy atom. The topological polar surface area (TPSA) is 49.2 Å². The summed E-state index contributed by atoms with van der Waals surface area (Å²) in [4.78, 5) is 4.23. The maximum atomic E-state index is 6.33. The Labute approximate surface area is 139 Å². The van der Waals surface area contributed by atoms with E-state index in [1.165, 1.54) is 0 Å². The van der Waals surface area contributed by atoms with E-state index in [9.17, 15) is 0 Å². The van der Waals surface area contributed by atoms with Crippen molar-refractivity contribution in [1.29, 1.82) is 0 Å². The Balaban J connectivity index is 1.75. The molecule has 1 aliphatic rings. The normalized spacial score (nSPS) is 17.0. The van der Waals surface area contributed by atoms with Gasteiger partial charge < -0.3 is 9.47 Å². The van der Waals surface area contributed by atoms with Crippen molar-refractivity contribution in [3.05, 3.63) is 46.0 Å². The standard InChI is InChI=1S/C15H17Cl2N3O2/c1-20-14(18-10-19-20)3-2-6-15(21-7-8-22-15)12-5-4-11(16)9-13(12)17/h4-5,9-10H,2-3,6-8H2,1H3. The van der Waals surface area contributed by atoms with Gasteiger partial charge in [0.05, 0.1) is 18.2 Å². The number of hydrogen-bond acceptors (Lipinski definition) is 4. The average Bonchev–Trinajstić information content (AvgIpc) is 3.10. The molecular weight excluding hydrogens is 325 g/mol. The molecule has 1 fully saturated rings. The fourth-order valence-corrected chi connectivity index (χ4v) is 3.27. The molecule has 22 heavy (non-hydrogen) atoms. The molecule has 7 heteroatoms. The van der Waals surface area contributed by atoms with Gasteiger partial charge in [-0.2, -0.15) is 5.10 Å². The second-order valence-electron chi connectivity index (χ2n) is 5.23. The van der Waals surface area contributed by atoms with Gasteiger partial charge >= 0.3 is 0 Å². The van der Waals surface area contributed by atoms with Gasteiger partial charge in [-0.25, -0.2) is 4.98 Å². The average molecular weight is 342 g/mol. The first-order chi connectivity index (χ1) is 10.6. The van der Waals surface area contributed by atoms with Crippen molar-refractivity contribution in [3.63, 3.8) is 0 Å². The summed E-state index contributed by atoms with van der Waals surface area (Å²) in [5, 5.41) is 5.23. The second kappa shape index (κ2) is 6.54. The van der Waals surface area contributed by atoms with Gasteiger partial charge in [-0.3, -0.25) is 4.68 Å². The minimum atomic E-state index is -0.791. The maximum absolute atomic E-state index is 6.33. The zero-order valence-electron chi connectivity index (χ0n) is 12.3. The molecule has 118 valence electrons. The third kappa shape index (κ3) is 3.13. The molecule has 1 aliphatic heterocycles. The van der Waals surface area contributed by atoms with Crippen LogP contribution in [-0.4, -0.2) is 28.0 Å². The first-order valence-electron chi connectivity index (χ1n) is 7.17. The smallest absolute Gasteiger partial charge is 0.196 e. The molecule has 0 N–H and O–H groups in total. The van der Waals surface area contributed by atoms with E-state index in [0.717, 1.165) is 24.2 Å². The summed E-state index contributed by atoms with van der Waals surface area (Å²) in [6.45, 7) is 1.12. The van der Waals surface area contributed by atoms with Crippen LogP contribution in [0.15, 0.2) is 24.5 Å². The Morgan fingerprint density at radius 1 is 1.27 bits per heavy atom. The fourth-order valence-electron chi connectivity index (χ4n) is 2.71. The number of halogens is 2. The highest BCUT2D eigenvalue weighted by Gasteiger charge is 2.39. The van der Waals surface area contributed by atoms with Gasteiger partial charge in [-0.15, -0.1) is 0 Å². The monoisotopic (exact) mass is 341 g/mol. The molecule has 2 aromatic rings. The molecule has 0 saturated carbocycles. The quantitative estimate of drug-likeness (QED) is 0.836. The van der Waals surface area contributed by atoms with Crippen LogP contribution in [0.3, 0.4) is 0 Å². The van der Waals surface area contributed by atoms with Gasteiger partial charge in [0.1, 0.15) is 12.2 Å². The number of hydrogen-bond donors (Lipinski definition) is 0. The highest BCUT2D eigenvalue weighted by molar-refractivity contribution is 6.35. The van der Waals surface area contributed by atoms with Crippen molar-refractivity contribution in [2.24, 2.45) is 7.05 Å². The summed E-state index contributed by atoms with van der Waals surface area (Å²) >= 11 is 12.3. The van der Waals surface area contributed by atoms with Crippen molar-refractivity contribution in [2.75, 3.05) is 13.2 Å². The van der Waals surface area contributed by atoms with Crippen LogP contribution < -0.4 is 0 Å². The molecule has 0 radical (unpaired) electrons. The number of ether oxygens (including phenoxy) is 2. The number of nitrogens with zero attached hydrogens (tertiary/aromatic N) is 3. The minimum absolute atomic E-state index is 0.558. The molecule has 0 spiro atoms. The Kier molecular flexibility index (Phi) is 4.68. The van der Waals surface area contributed by atoms with Crippen molar-refractivity contribution in [3.8, 4) is 0 Å². The lowest BCUT2D eigenvalue weighted by Crippen LogP contribution is -2.28. The third-order valence-electron chi connectivity index (χ3n) is 3.81. The zero-order valence-corrected chi connectivity index (χ0v) is 13.8. The van der Waals surface area contributed by atoms with Crippen LogP contribution in [-0.2, 0) is 28.7 Å². The van der Waals surface area contributed by atoms with Crippen LogP contribution >= 0.6 is 23.2 Å². The highest BCUT2D eigenvalue weighted by Crippen LogP contribution is 2.40. The SMILES string of the molecule is Cn1ncnc1CCCC1(c2ccc(Cl)cc2Cl)OCCO1. The van der Waals surface area contributed by atoms with Crippen LogP contribution in [0.5, 0.6) is 0 Å².